The summed E-state index contributed by atoms with van der Waals surface area (Å²) in [7, 11) is 0. The molecule has 0 saturated heterocycles. The molecule has 0 bridgehead atoms. The zero-order valence-corrected chi connectivity index (χ0v) is 11.9. The molecule has 0 unspecified atom stereocenters. The summed E-state index contributed by atoms with van der Waals surface area (Å²) in [6.45, 7) is 0. The molecule has 0 aliphatic carbocycles. The summed E-state index contributed by atoms with van der Waals surface area (Å²) in [5.41, 5.74) is 2.65. The second-order valence-corrected chi connectivity index (χ2v) is 5.37. The normalized spacial score (nSPS) is 10.9. The second-order valence-electron chi connectivity index (χ2n) is 4.39. The van der Waals surface area contributed by atoms with E-state index in [4.69, 9.17) is 0 Å². The summed E-state index contributed by atoms with van der Waals surface area (Å²) in [5, 5.41) is 11.7. The number of carbonyl (C=O) groups excluding carboxylic acids is 1. The van der Waals surface area contributed by atoms with E-state index in [0.717, 1.165) is 21.8 Å². The Labute approximate surface area is 126 Å². The van der Waals surface area contributed by atoms with E-state index < -0.39 is 0 Å². The maximum absolute atomic E-state index is 11.9. The molecule has 0 atom stereocenters. The molecule has 3 aromatic rings. The SMILES string of the molecule is O=C(/C=C/c1cccs1)Nc1cccc(-c2ccn[nH]2)c1. The van der Waals surface area contributed by atoms with Gasteiger partial charge in [-0.1, -0.05) is 18.2 Å². The van der Waals surface area contributed by atoms with Gasteiger partial charge in [-0.05, 0) is 35.7 Å². The van der Waals surface area contributed by atoms with Gasteiger partial charge in [0, 0.05) is 28.4 Å². The van der Waals surface area contributed by atoms with Crippen molar-refractivity contribution in [2.24, 2.45) is 0 Å². The van der Waals surface area contributed by atoms with Crippen LogP contribution in [-0.4, -0.2) is 16.1 Å². The third-order valence-electron chi connectivity index (χ3n) is 2.88. The predicted octanol–water partition coefficient (Wildman–Crippen LogP) is 3.79. The van der Waals surface area contributed by atoms with Crippen molar-refractivity contribution in [1.29, 1.82) is 0 Å². The molecular weight excluding hydrogens is 282 g/mol. The van der Waals surface area contributed by atoms with Crippen LogP contribution in [0.25, 0.3) is 17.3 Å². The molecule has 21 heavy (non-hydrogen) atoms. The Morgan fingerprint density at radius 1 is 1.24 bits per heavy atom. The van der Waals surface area contributed by atoms with Gasteiger partial charge in [0.15, 0.2) is 0 Å². The number of aromatic amines is 1. The number of anilines is 1. The Morgan fingerprint density at radius 3 is 2.95 bits per heavy atom. The van der Waals surface area contributed by atoms with Crippen molar-refractivity contribution < 1.29 is 4.79 Å². The van der Waals surface area contributed by atoms with Crippen molar-refractivity contribution in [3.63, 3.8) is 0 Å². The quantitative estimate of drug-likeness (QED) is 0.719. The van der Waals surface area contributed by atoms with Crippen molar-refractivity contribution in [2.45, 2.75) is 0 Å². The van der Waals surface area contributed by atoms with E-state index in [1.807, 2.05) is 47.8 Å². The van der Waals surface area contributed by atoms with Gasteiger partial charge in [0.1, 0.15) is 0 Å². The number of nitrogens with zero attached hydrogens (tertiary/aromatic N) is 1. The van der Waals surface area contributed by atoms with E-state index in [0.29, 0.717) is 0 Å². The maximum Gasteiger partial charge on any atom is 0.248 e. The smallest absolute Gasteiger partial charge is 0.248 e. The Kier molecular flexibility index (Phi) is 3.93. The van der Waals surface area contributed by atoms with Gasteiger partial charge in [0.05, 0.1) is 5.69 Å². The largest absolute Gasteiger partial charge is 0.322 e. The average Bonchev–Trinajstić information content (AvgIpc) is 3.19. The lowest BCUT2D eigenvalue weighted by Crippen LogP contribution is -2.07. The van der Waals surface area contributed by atoms with Gasteiger partial charge in [-0.3, -0.25) is 9.89 Å². The number of benzene rings is 1. The van der Waals surface area contributed by atoms with Crippen LogP contribution in [0.3, 0.4) is 0 Å². The lowest BCUT2D eigenvalue weighted by Gasteiger charge is -2.04. The molecule has 4 nitrogen and oxygen atoms in total. The average molecular weight is 295 g/mol. The lowest BCUT2D eigenvalue weighted by atomic mass is 10.1. The minimum atomic E-state index is -0.148. The fourth-order valence-electron chi connectivity index (χ4n) is 1.91. The van der Waals surface area contributed by atoms with E-state index in [2.05, 4.69) is 15.5 Å². The fraction of sp³-hybridized carbons (Fsp3) is 0. The summed E-state index contributed by atoms with van der Waals surface area (Å²) in [4.78, 5) is 12.9. The summed E-state index contributed by atoms with van der Waals surface area (Å²) >= 11 is 1.59. The molecule has 104 valence electrons. The summed E-state index contributed by atoms with van der Waals surface area (Å²) in [5.74, 6) is -0.148. The number of amides is 1. The van der Waals surface area contributed by atoms with E-state index in [1.54, 1.807) is 23.6 Å². The molecule has 3 rings (SSSR count). The zero-order chi connectivity index (χ0) is 14.5. The first-order valence-corrected chi connectivity index (χ1v) is 7.31. The third-order valence-corrected chi connectivity index (χ3v) is 3.72. The molecule has 0 radical (unpaired) electrons. The van der Waals surface area contributed by atoms with Crippen molar-refractivity contribution in [3.05, 3.63) is 65.0 Å². The first-order valence-electron chi connectivity index (χ1n) is 6.44. The highest BCUT2D eigenvalue weighted by Crippen LogP contribution is 2.20. The van der Waals surface area contributed by atoms with E-state index >= 15 is 0 Å². The molecule has 0 spiro atoms. The van der Waals surface area contributed by atoms with Crippen molar-refractivity contribution in [3.8, 4) is 11.3 Å². The zero-order valence-electron chi connectivity index (χ0n) is 11.1. The topological polar surface area (TPSA) is 57.8 Å². The molecule has 5 heteroatoms. The van der Waals surface area contributed by atoms with Crippen LogP contribution in [0.5, 0.6) is 0 Å². The van der Waals surface area contributed by atoms with Crippen molar-refractivity contribution in [2.75, 3.05) is 5.32 Å². The fourth-order valence-corrected chi connectivity index (χ4v) is 2.53. The van der Waals surface area contributed by atoms with Gasteiger partial charge < -0.3 is 5.32 Å². The number of hydrogen-bond donors (Lipinski definition) is 2. The summed E-state index contributed by atoms with van der Waals surface area (Å²) in [6.07, 6.45) is 5.04. The minimum Gasteiger partial charge on any atom is -0.322 e. The molecule has 2 N–H and O–H groups in total. The Hall–Kier alpha value is -2.66. The van der Waals surface area contributed by atoms with Crippen LogP contribution in [0.4, 0.5) is 5.69 Å². The van der Waals surface area contributed by atoms with Crippen LogP contribution >= 0.6 is 11.3 Å². The highest BCUT2D eigenvalue weighted by Gasteiger charge is 2.02. The van der Waals surface area contributed by atoms with Gasteiger partial charge in [-0.25, -0.2) is 0 Å². The van der Waals surface area contributed by atoms with Gasteiger partial charge >= 0.3 is 0 Å². The second kappa shape index (κ2) is 6.19. The van der Waals surface area contributed by atoms with Gasteiger partial charge in [-0.15, -0.1) is 11.3 Å². The molecule has 0 aliphatic heterocycles. The van der Waals surface area contributed by atoms with Crippen LogP contribution in [0.15, 0.2) is 60.1 Å². The van der Waals surface area contributed by atoms with Crippen LogP contribution in [0.1, 0.15) is 4.88 Å². The number of hydrogen-bond acceptors (Lipinski definition) is 3. The number of rotatable bonds is 4. The van der Waals surface area contributed by atoms with Crippen molar-refractivity contribution >= 4 is 29.0 Å². The monoisotopic (exact) mass is 295 g/mol. The van der Waals surface area contributed by atoms with Crippen LogP contribution in [0, 0.1) is 0 Å². The summed E-state index contributed by atoms with van der Waals surface area (Å²) < 4.78 is 0. The van der Waals surface area contributed by atoms with Gasteiger partial charge in [0.25, 0.3) is 0 Å². The predicted molar refractivity (Wildman–Crippen MR) is 86.0 cm³/mol. The van der Waals surface area contributed by atoms with E-state index in [-0.39, 0.29) is 5.91 Å². The maximum atomic E-state index is 11.9. The Bertz CT molecular complexity index is 746. The van der Waals surface area contributed by atoms with E-state index in [9.17, 15) is 4.79 Å². The standard InChI is InChI=1S/C16H13N3OS/c20-16(7-6-14-5-2-10-21-14)18-13-4-1-3-12(11-13)15-8-9-17-19-15/h1-11H,(H,17,19)(H,18,20)/b7-6+. The molecule has 2 aromatic heterocycles. The highest BCUT2D eigenvalue weighted by molar-refractivity contribution is 7.10. The van der Waals surface area contributed by atoms with Crippen LogP contribution < -0.4 is 5.32 Å². The van der Waals surface area contributed by atoms with E-state index in [1.165, 1.54) is 6.08 Å². The molecule has 0 saturated carbocycles. The number of carbonyl (C=O) groups is 1. The molecule has 0 aliphatic rings. The molecule has 1 aromatic carbocycles. The summed E-state index contributed by atoms with van der Waals surface area (Å²) in [6, 6.07) is 13.4. The first kappa shape index (κ1) is 13.3. The lowest BCUT2D eigenvalue weighted by molar-refractivity contribution is -0.111. The first-order chi connectivity index (χ1) is 10.3. The molecule has 1 amide bonds. The molecule has 2 heterocycles. The molecule has 0 fully saturated rings. The van der Waals surface area contributed by atoms with Crippen LogP contribution in [-0.2, 0) is 4.79 Å². The van der Waals surface area contributed by atoms with Crippen LogP contribution in [0.2, 0.25) is 0 Å². The number of thiophene rings is 1. The third kappa shape index (κ3) is 3.46. The van der Waals surface area contributed by atoms with Crippen molar-refractivity contribution in [1.82, 2.24) is 10.2 Å². The van der Waals surface area contributed by atoms with Gasteiger partial charge in [-0.2, -0.15) is 5.10 Å². The molecular formula is C16H13N3OS. The Morgan fingerprint density at radius 2 is 2.19 bits per heavy atom. The Balaban J connectivity index is 1.70. The highest BCUT2D eigenvalue weighted by atomic mass is 32.1. The number of nitrogens with one attached hydrogen (secondary N) is 2. The number of aromatic nitrogens is 2. The van der Waals surface area contributed by atoms with Gasteiger partial charge in [0.2, 0.25) is 5.91 Å². The number of H-pyrrole nitrogens is 1. The minimum absolute atomic E-state index is 0.148.